The zero-order valence-corrected chi connectivity index (χ0v) is 22.0. The highest BCUT2D eigenvalue weighted by molar-refractivity contribution is 7.93. The number of benzene rings is 3. The van der Waals surface area contributed by atoms with Gasteiger partial charge >= 0.3 is 0 Å². The molecule has 8 heteroatoms. The summed E-state index contributed by atoms with van der Waals surface area (Å²) in [6.07, 6.45) is 0. The second-order valence-corrected chi connectivity index (χ2v) is 13.7. The SMILES string of the molecule is CC(C)(C)c1ccc(S(=O)(=O)Nc2ccc(NS(=O)(=O)c3ccc(C(C)(C)C)cc3)cc2)cc1. The molecular formula is C26H32N2O4S2. The minimum Gasteiger partial charge on any atom is -0.280 e. The van der Waals surface area contributed by atoms with E-state index in [9.17, 15) is 16.8 Å². The normalized spacial score (nSPS) is 12.9. The predicted octanol–water partition coefficient (Wildman–Crippen LogP) is 5.88. The molecule has 182 valence electrons. The van der Waals surface area contributed by atoms with Crippen LogP contribution in [-0.4, -0.2) is 16.8 Å². The average molecular weight is 501 g/mol. The molecule has 0 aliphatic heterocycles. The molecule has 6 nitrogen and oxygen atoms in total. The molecule has 0 radical (unpaired) electrons. The summed E-state index contributed by atoms with van der Waals surface area (Å²) < 4.78 is 56.0. The summed E-state index contributed by atoms with van der Waals surface area (Å²) in [4.78, 5) is 0.313. The second kappa shape index (κ2) is 9.07. The van der Waals surface area contributed by atoms with E-state index in [0.29, 0.717) is 11.4 Å². The molecule has 0 saturated carbocycles. The van der Waals surface area contributed by atoms with Gasteiger partial charge in [-0.25, -0.2) is 16.8 Å². The van der Waals surface area contributed by atoms with Gasteiger partial charge in [-0.3, -0.25) is 9.44 Å². The molecule has 0 heterocycles. The monoisotopic (exact) mass is 500 g/mol. The molecule has 34 heavy (non-hydrogen) atoms. The van der Waals surface area contributed by atoms with Crippen LogP contribution in [0.2, 0.25) is 0 Å². The first kappa shape index (κ1) is 25.8. The molecule has 3 rings (SSSR count). The van der Waals surface area contributed by atoms with Crippen molar-refractivity contribution in [1.82, 2.24) is 0 Å². The van der Waals surface area contributed by atoms with Gasteiger partial charge in [0.2, 0.25) is 0 Å². The third-order valence-electron chi connectivity index (χ3n) is 5.45. The van der Waals surface area contributed by atoms with Gasteiger partial charge in [-0.1, -0.05) is 65.8 Å². The van der Waals surface area contributed by atoms with Crippen LogP contribution in [0.25, 0.3) is 0 Å². The molecule has 0 aliphatic rings. The number of anilines is 2. The Morgan fingerprint density at radius 2 is 0.735 bits per heavy atom. The van der Waals surface area contributed by atoms with Crippen molar-refractivity contribution in [3.05, 3.63) is 83.9 Å². The van der Waals surface area contributed by atoms with Crippen molar-refractivity contribution in [1.29, 1.82) is 0 Å². The van der Waals surface area contributed by atoms with Crippen molar-refractivity contribution in [2.24, 2.45) is 0 Å². The average Bonchev–Trinajstić information content (AvgIpc) is 2.74. The highest BCUT2D eigenvalue weighted by atomic mass is 32.2. The summed E-state index contributed by atoms with van der Waals surface area (Å²) in [5.74, 6) is 0. The Labute approximate surface area is 203 Å². The van der Waals surface area contributed by atoms with Gasteiger partial charge in [-0.2, -0.15) is 0 Å². The van der Waals surface area contributed by atoms with Crippen LogP contribution >= 0.6 is 0 Å². The van der Waals surface area contributed by atoms with Gasteiger partial charge in [0, 0.05) is 11.4 Å². The fourth-order valence-electron chi connectivity index (χ4n) is 3.30. The number of hydrogen-bond acceptors (Lipinski definition) is 4. The number of sulfonamides is 2. The van der Waals surface area contributed by atoms with Crippen molar-refractivity contribution >= 4 is 31.4 Å². The number of nitrogens with one attached hydrogen (secondary N) is 2. The van der Waals surface area contributed by atoms with Gasteiger partial charge < -0.3 is 0 Å². The third-order valence-corrected chi connectivity index (χ3v) is 8.25. The zero-order valence-electron chi connectivity index (χ0n) is 20.4. The van der Waals surface area contributed by atoms with Gasteiger partial charge in [0.15, 0.2) is 0 Å². The maximum absolute atomic E-state index is 12.7. The molecule has 3 aromatic rings. The van der Waals surface area contributed by atoms with Gasteiger partial charge in [0.05, 0.1) is 9.79 Å². The molecule has 0 unspecified atom stereocenters. The molecule has 0 aliphatic carbocycles. The highest BCUT2D eigenvalue weighted by Crippen LogP contribution is 2.26. The number of rotatable bonds is 6. The smallest absolute Gasteiger partial charge is 0.261 e. The van der Waals surface area contributed by atoms with Crippen molar-refractivity contribution < 1.29 is 16.8 Å². The molecule has 3 aromatic carbocycles. The first-order valence-electron chi connectivity index (χ1n) is 10.9. The first-order valence-corrected chi connectivity index (χ1v) is 13.9. The molecule has 0 spiro atoms. The van der Waals surface area contributed by atoms with E-state index in [1.165, 1.54) is 24.3 Å². The maximum atomic E-state index is 12.7. The zero-order chi connectivity index (χ0) is 25.4. The lowest BCUT2D eigenvalue weighted by molar-refractivity contribution is 0.587. The Hall–Kier alpha value is -2.84. The summed E-state index contributed by atoms with van der Waals surface area (Å²) in [5.41, 5.74) is 2.59. The predicted molar refractivity (Wildman–Crippen MR) is 138 cm³/mol. The second-order valence-electron chi connectivity index (χ2n) is 10.3. The minimum absolute atomic E-state index is 0.0759. The summed E-state index contributed by atoms with van der Waals surface area (Å²) in [7, 11) is -7.54. The Morgan fingerprint density at radius 1 is 0.471 bits per heavy atom. The van der Waals surface area contributed by atoms with Crippen molar-refractivity contribution in [2.75, 3.05) is 9.44 Å². The van der Waals surface area contributed by atoms with Crippen LogP contribution in [0.15, 0.2) is 82.6 Å². The quantitative estimate of drug-likeness (QED) is 0.442. The van der Waals surface area contributed by atoms with Crippen LogP contribution in [0.3, 0.4) is 0 Å². The highest BCUT2D eigenvalue weighted by Gasteiger charge is 2.19. The van der Waals surface area contributed by atoms with E-state index in [2.05, 4.69) is 51.0 Å². The molecule has 0 aromatic heterocycles. The minimum atomic E-state index is -3.77. The van der Waals surface area contributed by atoms with E-state index in [1.807, 2.05) is 0 Å². The Kier molecular flexibility index (Phi) is 6.88. The largest absolute Gasteiger partial charge is 0.280 e. The van der Waals surface area contributed by atoms with Gasteiger partial charge in [-0.05, 0) is 70.5 Å². The molecule has 2 N–H and O–H groups in total. The topological polar surface area (TPSA) is 92.3 Å². The Balaban J connectivity index is 1.72. The molecule has 0 atom stereocenters. The van der Waals surface area contributed by atoms with E-state index in [4.69, 9.17) is 0 Å². The fourth-order valence-corrected chi connectivity index (χ4v) is 5.42. The van der Waals surface area contributed by atoms with E-state index in [0.717, 1.165) is 11.1 Å². The van der Waals surface area contributed by atoms with E-state index >= 15 is 0 Å². The molecule has 0 fully saturated rings. The Bertz CT molecular complexity index is 1240. The van der Waals surface area contributed by atoms with Crippen LogP contribution in [0, 0.1) is 0 Å². The van der Waals surface area contributed by atoms with E-state index < -0.39 is 20.0 Å². The molecular weight excluding hydrogens is 468 g/mol. The van der Waals surface area contributed by atoms with Gasteiger partial charge in [0.1, 0.15) is 0 Å². The van der Waals surface area contributed by atoms with Crippen LogP contribution in [0.1, 0.15) is 52.7 Å². The first-order chi connectivity index (χ1) is 15.6. The lowest BCUT2D eigenvalue weighted by Gasteiger charge is -2.19. The lowest BCUT2D eigenvalue weighted by Crippen LogP contribution is -2.15. The van der Waals surface area contributed by atoms with Crippen molar-refractivity contribution in [3.63, 3.8) is 0 Å². The molecule has 0 bridgehead atoms. The van der Waals surface area contributed by atoms with Crippen molar-refractivity contribution in [3.8, 4) is 0 Å². The van der Waals surface area contributed by atoms with E-state index in [-0.39, 0.29) is 20.6 Å². The maximum Gasteiger partial charge on any atom is 0.261 e. The number of hydrogen-bond donors (Lipinski definition) is 2. The summed E-state index contributed by atoms with van der Waals surface area (Å²) in [5, 5.41) is 0. The van der Waals surface area contributed by atoms with Crippen LogP contribution in [0.4, 0.5) is 11.4 Å². The molecule has 0 saturated heterocycles. The van der Waals surface area contributed by atoms with Crippen LogP contribution in [0.5, 0.6) is 0 Å². The van der Waals surface area contributed by atoms with Crippen molar-refractivity contribution in [2.45, 2.75) is 62.2 Å². The van der Waals surface area contributed by atoms with Gasteiger partial charge in [-0.15, -0.1) is 0 Å². The molecule has 0 amide bonds. The lowest BCUT2D eigenvalue weighted by atomic mass is 9.87. The Morgan fingerprint density at radius 3 is 0.971 bits per heavy atom. The standard InChI is InChI=1S/C26H32N2O4S2/c1-25(2,3)19-7-15-23(16-8-19)33(29,30)27-21-11-13-22(14-12-21)28-34(31,32)24-17-9-20(10-18-24)26(4,5)6/h7-18,27-28H,1-6H3. The fraction of sp³-hybridized carbons (Fsp3) is 0.308. The summed E-state index contributed by atoms with van der Waals surface area (Å²) in [6, 6.07) is 19.6. The summed E-state index contributed by atoms with van der Waals surface area (Å²) >= 11 is 0. The third kappa shape index (κ3) is 6.18. The van der Waals surface area contributed by atoms with Gasteiger partial charge in [0.25, 0.3) is 20.0 Å². The summed E-state index contributed by atoms with van der Waals surface area (Å²) in [6.45, 7) is 12.4. The van der Waals surface area contributed by atoms with E-state index in [1.54, 1.807) is 48.5 Å². The van der Waals surface area contributed by atoms with Crippen LogP contribution in [-0.2, 0) is 30.9 Å². The van der Waals surface area contributed by atoms with Crippen LogP contribution < -0.4 is 9.44 Å².